The molecule has 0 unspecified atom stereocenters. The predicted molar refractivity (Wildman–Crippen MR) is 112 cm³/mol. The number of hydrogen-bond donors (Lipinski definition) is 1. The Bertz CT molecular complexity index is 980. The van der Waals surface area contributed by atoms with E-state index in [1.165, 1.54) is 6.33 Å². The minimum atomic E-state index is -0.253. The van der Waals surface area contributed by atoms with Crippen LogP contribution in [0.3, 0.4) is 0 Å². The summed E-state index contributed by atoms with van der Waals surface area (Å²) in [4.78, 5) is 30.4. The minimum absolute atomic E-state index is 0.253. The van der Waals surface area contributed by atoms with E-state index in [9.17, 15) is 4.79 Å². The third-order valence-electron chi connectivity index (χ3n) is 4.78. The van der Waals surface area contributed by atoms with Crippen molar-refractivity contribution in [2.24, 2.45) is 0 Å². The Morgan fingerprint density at radius 1 is 1.14 bits per heavy atom. The number of likely N-dealkylation sites (N-methyl/N-ethyl adjacent to an activating group) is 1. The number of anilines is 2. The van der Waals surface area contributed by atoms with Gasteiger partial charge < -0.3 is 15.1 Å². The van der Waals surface area contributed by atoms with Crippen molar-refractivity contribution in [3.8, 4) is 11.3 Å². The number of nitrogens with one attached hydrogen (secondary N) is 1. The van der Waals surface area contributed by atoms with Gasteiger partial charge in [0.05, 0.1) is 16.4 Å². The normalized spacial score (nSPS) is 14.9. The Kier molecular flexibility index (Phi) is 5.31. The lowest BCUT2D eigenvalue weighted by atomic mass is 10.1. The first-order valence-electron chi connectivity index (χ1n) is 9.18. The third-order valence-corrected chi connectivity index (χ3v) is 5.56. The molecule has 1 aromatic carbocycles. The molecule has 0 bridgehead atoms. The van der Waals surface area contributed by atoms with Gasteiger partial charge in [-0.05, 0) is 20.0 Å². The molecule has 0 spiro atoms. The molecule has 3 heterocycles. The van der Waals surface area contributed by atoms with E-state index in [4.69, 9.17) is 0 Å². The van der Waals surface area contributed by atoms with Crippen LogP contribution in [0.25, 0.3) is 11.3 Å². The highest BCUT2D eigenvalue weighted by molar-refractivity contribution is 7.09. The Morgan fingerprint density at radius 3 is 2.68 bits per heavy atom. The molecule has 0 radical (unpaired) electrons. The Labute approximate surface area is 168 Å². The summed E-state index contributed by atoms with van der Waals surface area (Å²) in [5.41, 5.74) is 2.83. The second-order valence-electron chi connectivity index (χ2n) is 6.80. The van der Waals surface area contributed by atoms with E-state index in [0.717, 1.165) is 53.9 Å². The van der Waals surface area contributed by atoms with Crippen LogP contribution < -0.4 is 10.2 Å². The molecule has 1 fully saturated rings. The number of benzene rings is 1. The third kappa shape index (κ3) is 4.02. The van der Waals surface area contributed by atoms with Gasteiger partial charge in [-0.3, -0.25) is 4.79 Å². The van der Waals surface area contributed by atoms with Gasteiger partial charge in [-0.1, -0.05) is 18.2 Å². The summed E-state index contributed by atoms with van der Waals surface area (Å²) in [6.07, 6.45) is 1.46. The molecular formula is C20H22N6OS. The number of aromatic nitrogens is 3. The second-order valence-corrected chi connectivity index (χ2v) is 7.87. The molecule has 144 valence electrons. The van der Waals surface area contributed by atoms with Gasteiger partial charge in [0.1, 0.15) is 17.8 Å². The molecule has 4 rings (SSSR count). The van der Waals surface area contributed by atoms with E-state index >= 15 is 0 Å². The number of rotatable bonds is 4. The molecule has 3 aromatic rings. The van der Waals surface area contributed by atoms with Crippen molar-refractivity contribution in [2.45, 2.75) is 6.92 Å². The zero-order valence-electron chi connectivity index (χ0n) is 15.9. The lowest BCUT2D eigenvalue weighted by Crippen LogP contribution is -2.44. The SMILES string of the molecule is Cc1nc(-c2ccccc2NC(=O)c2cc(N3CCN(C)CC3)ncn2)cs1. The molecule has 0 saturated carbocycles. The first kappa shape index (κ1) is 18.5. The van der Waals surface area contributed by atoms with Crippen molar-refractivity contribution in [3.63, 3.8) is 0 Å². The van der Waals surface area contributed by atoms with Crippen molar-refractivity contribution in [1.29, 1.82) is 0 Å². The maximum absolute atomic E-state index is 12.8. The summed E-state index contributed by atoms with van der Waals surface area (Å²) in [7, 11) is 2.11. The smallest absolute Gasteiger partial charge is 0.274 e. The molecule has 28 heavy (non-hydrogen) atoms. The summed E-state index contributed by atoms with van der Waals surface area (Å²) in [6, 6.07) is 9.43. The second kappa shape index (κ2) is 8.04. The zero-order chi connectivity index (χ0) is 19.5. The van der Waals surface area contributed by atoms with Crippen molar-refractivity contribution in [1.82, 2.24) is 19.9 Å². The number of amides is 1. The predicted octanol–water partition coefficient (Wildman–Crippen LogP) is 2.91. The maximum atomic E-state index is 12.8. The largest absolute Gasteiger partial charge is 0.354 e. The first-order chi connectivity index (χ1) is 13.6. The van der Waals surface area contributed by atoms with Crippen LogP contribution in [0.2, 0.25) is 0 Å². The van der Waals surface area contributed by atoms with Gasteiger partial charge in [0, 0.05) is 43.2 Å². The fourth-order valence-corrected chi connectivity index (χ4v) is 3.78. The molecule has 2 aromatic heterocycles. The fourth-order valence-electron chi connectivity index (χ4n) is 3.17. The highest BCUT2D eigenvalue weighted by Crippen LogP contribution is 2.29. The van der Waals surface area contributed by atoms with Crippen LogP contribution >= 0.6 is 11.3 Å². The number of hydrogen-bond acceptors (Lipinski definition) is 7. The molecule has 0 aliphatic carbocycles. The van der Waals surface area contributed by atoms with Gasteiger partial charge in [0.15, 0.2) is 0 Å². The average molecular weight is 395 g/mol. The highest BCUT2D eigenvalue weighted by atomic mass is 32.1. The molecule has 1 amide bonds. The lowest BCUT2D eigenvalue weighted by molar-refractivity contribution is 0.102. The molecule has 1 aliphatic heterocycles. The minimum Gasteiger partial charge on any atom is -0.354 e. The van der Waals surface area contributed by atoms with Crippen LogP contribution in [0.15, 0.2) is 42.0 Å². The number of carbonyl (C=O) groups excluding carboxylic acids is 1. The number of piperazine rings is 1. The van der Waals surface area contributed by atoms with Crippen LogP contribution in [0, 0.1) is 6.92 Å². The van der Waals surface area contributed by atoms with Crippen LogP contribution in [-0.4, -0.2) is 59.0 Å². The van der Waals surface area contributed by atoms with Gasteiger partial charge in [0.25, 0.3) is 5.91 Å². The van der Waals surface area contributed by atoms with E-state index in [1.54, 1.807) is 17.4 Å². The maximum Gasteiger partial charge on any atom is 0.274 e. The van der Waals surface area contributed by atoms with E-state index < -0.39 is 0 Å². The summed E-state index contributed by atoms with van der Waals surface area (Å²) in [6.45, 7) is 5.70. The lowest BCUT2D eigenvalue weighted by Gasteiger charge is -2.33. The number of nitrogens with zero attached hydrogens (tertiary/aromatic N) is 5. The Hall–Kier alpha value is -2.84. The van der Waals surface area contributed by atoms with Gasteiger partial charge in [-0.2, -0.15) is 0 Å². The van der Waals surface area contributed by atoms with Crippen molar-refractivity contribution >= 4 is 28.7 Å². The molecule has 1 aliphatic rings. The highest BCUT2D eigenvalue weighted by Gasteiger charge is 2.18. The average Bonchev–Trinajstić information content (AvgIpc) is 3.15. The number of thiazole rings is 1. The van der Waals surface area contributed by atoms with Crippen molar-refractivity contribution in [3.05, 3.63) is 52.7 Å². The molecule has 1 saturated heterocycles. The van der Waals surface area contributed by atoms with Gasteiger partial charge in [0.2, 0.25) is 0 Å². The molecule has 1 N–H and O–H groups in total. The summed E-state index contributed by atoms with van der Waals surface area (Å²) >= 11 is 1.59. The van der Waals surface area contributed by atoms with Gasteiger partial charge >= 0.3 is 0 Å². The first-order valence-corrected chi connectivity index (χ1v) is 10.1. The van der Waals surface area contributed by atoms with Crippen LogP contribution in [0.5, 0.6) is 0 Å². The Morgan fingerprint density at radius 2 is 1.93 bits per heavy atom. The van der Waals surface area contributed by atoms with E-state index in [2.05, 4.69) is 37.1 Å². The van der Waals surface area contributed by atoms with Crippen molar-refractivity contribution < 1.29 is 4.79 Å². The summed E-state index contributed by atoms with van der Waals surface area (Å²) in [5, 5.41) is 5.97. The topological polar surface area (TPSA) is 74.2 Å². The zero-order valence-corrected chi connectivity index (χ0v) is 16.7. The summed E-state index contributed by atoms with van der Waals surface area (Å²) < 4.78 is 0. The number of carbonyl (C=O) groups is 1. The van der Waals surface area contributed by atoms with E-state index in [0.29, 0.717) is 5.69 Å². The van der Waals surface area contributed by atoms with Gasteiger partial charge in [-0.25, -0.2) is 15.0 Å². The standard InChI is InChI=1S/C20H22N6OS/c1-14-23-18(12-28-14)15-5-3-4-6-16(15)24-20(27)17-11-19(22-13-21-17)26-9-7-25(2)8-10-26/h3-6,11-13H,7-10H2,1-2H3,(H,24,27). The van der Waals surface area contributed by atoms with Gasteiger partial charge in [-0.15, -0.1) is 11.3 Å². The van der Waals surface area contributed by atoms with Crippen LogP contribution in [0.4, 0.5) is 11.5 Å². The molecular weight excluding hydrogens is 372 g/mol. The van der Waals surface area contributed by atoms with E-state index in [-0.39, 0.29) is 5.91 Å². The van der Waals surface area contributed by atoms with Crippen LogP contribution in [-0.2, 0) is 0 Å². The quantitative estimate of drug-likeness (QED) is 0.733. The van der Waals surface area contributed by atoms with Crippen LogP contribution in [0.1, 0.15) is 15.5 Å². The number of aryl methyl sites for hydroxylation is 1. The van der Waals surface area contributed by atoms with E-state index in [1.807, 2.05) is 36.6 Å². The molecule has 7 nitrogen and oxygen atoms in total. The summed E-state index contributed by atoms with van der Waals surface area (Å²) in [5.74, 6) is 0.536. The monoisotopic (exact) mass is 394 g/mol. The molecule has 8 heteroatoms. The Balaban J connectivity index is 1.54. The molecule has 0 atom stereocenters. The van der Waals surface area contributed by atoms with Crippen molar-refractivity contribution in [2.75, 3.05) is 43.4 Å². The number of para-hydroxylation sites is 1. The fraction of sp³-hybridized carbons (Fsp3) is 0.300.